The molecule has 2 saturated heterocycles. The summed E-state index contributed by atoms with van der Waals surface area (Å²) < 4.78 is 5.66. The van der Waals surface area contributed by atoms with E-state index in [1.165, 1.54) is 39.1 Å². The highest BCUT2D eigenvalue weighted by molar-refractivity contribution is 4.87. The molecular formula is C15H31N3O. The number of hydrogen-bond acceptors (Lipinski definition) is 4. The van der Waals surface area contributed by atoms with Gasteiger partial charge in [0.1, 0.15) is 0 Å². The zero-order chi connectivity index (χ0) is 13.7. The van der Waals surface area contributed by atoms with Crippen LogP contribution in [0.3, 0.4) is 0 Å². The minimum Gasteiger partial charge on any atom is -0.381 e. The molecule has 4 heteroatoms. The number of nitrogens with zero attached hydrogens (tertiary/aromatic N) is 2. The van der Waals surface area contributed by atoms with Crippen LogP contribution in [0.25, 0.3) is 0 Å². The SMILES string of the molecule is CCN(CC)C1CCN(CC2COCCC2NC)C1. The summed E-state index contributed by atoms with van der Waals surface area (Å²) in [6, 6.07) is 1.41. The first-order chi connectivity index (χ1) is 9.28. The van der Waals surface area contributed by atoms with Crippen LogP contribution in [0.4, 0.5) is 0 Å². The molecule has 19 heavy (non-hydrogen) atoms. The highest BCUT2D eigenvalue weighted by Crippen LogP contribution is 2.21. The topological polar surface area (TPSA) is 27.7 Å². The molecule has 0 bridgehead atoms. The van der Waals surface area contributed by atoms with Crippen LogP contribution in [-0.2, 0) is 4.74 Å². The fourth-order valence-corrected chi connectivity index (χ4v) is 3.70. The average molecular weight is 269 g/mol. The summed E-state index contributed by atoms with van der Waals surface area (Å²) >= 11 is 0. The van der Waals surface area contributed by atoms with Crippen molar-refractivity contribution in [3.05, 3.63) is 0 Å². The van der Waals surface area contributed by atoms with Crippen molar-refractivity contribution in [1.82, 2.24) is 15.1 Å². The molecule has 0 aromatic heterocycles. The molecule has 0 amide bonds. The molecule has 0 spiro atoms. The molecule has 4 nitrogen and oxygen atoms in total. The van der Waals surface area contributed by atoms with Gasteiger partial charge in [0.2, 0.25) is 0 Å². The number of nitrogens with one attached hydrogen (secondary N) is 1. The molecule has 0 saturated carbocycles. The van der Waals surface area contributed by atoms with Crippen molar-refractivity contribution in [2.75, 3.05) is 53.0 Å². The van der Waals surface area contributed by atoms with Gasteiger partial charge >= 0.3 is 0 Å². The number of rotatable bonds is 6. The van der Waals surface area contributed by atoms with Crippen LogP contribution >= 0.6 is 0 Å². The zero-order valence-electron chi connectivity index (χ0n) is 12.9. The smallest absolute Gasteiger partial charge is 0.0521 e. The molecule has 3 atom stereocenters. The summed E-state index contributed by atoms with van der Waals surface area (Å²) in [5, 5.41) is 3.47. The van der Waals surface area contributed by atoms with Gasteiger partial charge in [-0.25, -0.2) is 0 Å². The molecule has 0 radical (unpaired) electrons. The maximum Gasteiger partial charge on any atom is 0.0521 e. The second kappa shape index (κ2) is 7.58. The van der Waals surface area contributed by atoms with Crippen LogP contribution < -0.4 is 5.32 Å². The largest absolute Gasteiger partial charge is 0.381 e. The lowest BCUT2D eigenvalue weighted by atomic mass is 9.95. The molecule has 2 rings (SSSR count). The zero-order valence-corrected chi connectivity index (χ0v) is 12.9. The van der Waals surface area contributed by atoms with Gasteiger partial charge in [-0.15, -0.1) is 0 Å². The van der Waals surface area contributed by atoms with Crippen molar-refractivity contribution in [3.63, 3.8) is 0 Å². The third-order valence-electron chi connectivity index (χ3n) is 4.91. The second-order valence-corrected chi connectivity index (χ2v) is 5.94. The van der Waals surface area contributed by atoms with E-state index in [9.17, 15) is 0 Å². The Labute approximate surface area is 118 Å². The van der Waals surface area contributed by atoms with Gasteiger partial charge in [0.05, 0.1) is 6.61 Å². The predicted octanol–water partition coefficient (Wildman–Crippen LogP) is 1.03. The summed E-state index contributed by atoms with van der Waals surface area (Å²) in [4.78, 5) is 5.25. The second-order valence-electron chi connectivity index (χ2n) is 5.94. The van der Waals surface area contributed by atoms with Crippen LogP contribution in [0, 0.1) is 5.92 Å². The maximum absolute atomic E-state index is 5.66. The lowest BCUT2D eigenvalue weighted by Crippen LogP contribution is -2.46. The minimum absolute atomic E-state index is 0.640. The summed E-state index contributed by atoms with van der Waals surface area (Å²) in [6.07, 6.45) is 2.49. The Kier molecular flexibility index (Phi) is 6.07. The van der Waals surface area contributed by atoms with Crippen molar-refractivity contribution in [3.8, 4) is 0 Å². The Morgan fingerprint density at radius 2 is 2.05 bits per heavy atom. The number of likely N-dealkylation sites (N-methyl/N-ethyl adjacent to an activating group) is 1. The van der Waals surface area contributed by atoms with Gasteiger partial charge in [-0.1, -0.05) is 13.8 Å². The number of hydrogen-bond donors (Lipinski definition) is 1. The Balaban J connectivity index is 1.80. The molecule has 112 valence electrons. The van der Waals surface area contributed by atoms with Crippen molar-refractivity contribution < 1.29 is 4.74 Å². The van der Waals surface area contributed by atoms with Crippen LogP contribution in [-0.4, -0.2) is 74.9 Å². The minimum atomic E-state index is 0.640. The van der Waals surface area contributed by atoms with Crippen molar-refractivity contribution in [2.24, 2.45) is 5.92 Å². The van der Waals surface area contributed by atoms with Crippen molar-refractivity contribution >= 4 is 0 Å². The summed E-state index contributed by atoms with van der Waals surface area (Å²) in [6.45, 7) is 12.5. The van der Waals surface area contributed by atoms with Gasteiger partial charge in [-0.3, -0.25) is 4.90 Å². The molecular weight excluding hydrogens is 238 g/mol. The van der Waals surface area contributed by atoms with E-state index in [0.717, 1.165) is 25.7 Å². The predicted molar refractivity (Wildman–Crippen MR) is 79.5 cm³/mol. The van der Waals surface area contributed by atoms with Crippen molar-refractivity contribution in [2.45, 2.75) is 38.8 Å². The third kappa shape index (κ3) is 3.91. The van der Waals surface area contributed by atoms with E-state index in [0.29, 0.717) is 12.0 Å². The normalized spacial score (nSPS) is 33.2. The summed E-state index contributed by atoms with van der Waals surface area (Å²) in [5.74, 6) is 0.661. The molecule has 2 heterocycles. The first-order valence-electron chi connectivity index (χ1n) is 7.99. The van der Waals surface area contributed by atoms with Gasteiger partial charge in [0, 0.05) is 37.7 Å². The van der Waals surface area contributed by atoms with E-state index in [1.807, 2.05) is 0 Å². The molecule has 2 aliphatic heterocycles. The molecule has 2 aliphatic rings. The fourth-order valence-electron chi connectivity index (χ4n) is 3.70. The van der Waals surface area contributed by atoms with Crippen LogP contribution in [0.2, 0.25) is 0 Å². The van der Waals surface area contributed by atoms with Crippen molar-refractivity contribution in [1.29, 1.82) is 0 Å². The molecule has 2 fully saturated rings. The monoisotopic (exact) mass is 269 g/mol. The fraction of sp³-hybridized carbons (Fsp3) is 1.00. The highest BCUT2D eigenvalue weighted by atomic mass is 16.5. The van der Waals surface area contributed by atoms with E-state index in [4.69, 9.17) is 4.74 Å². The molecule has 0 aliphatic carbocycles. The van der Waals surface area contributed by atoms with Gasteiger partial charge in [0.25, 0.3) is 0 Å². The first kappa shape index (κ1) is 15.2. The Morgan fingerprint density at radius 1 is 1.26 bits per heavy atom. The van der Waals surface area contributed by atoms with Gasteiger partial charge in [-0.05, 0) is 39.5 Å². The van der Waals surface area contributed by atoms with E-state index in [-0.39, 0.29) is 0 Å². The summed E-state index contributed by atoms with van der Waals surface area (Å²) in [7, 11) is 2.09. The molecule has 1 N–H and O–H groups in total. The number of ether oxygens (including phenoxy) is 1. The highest BCUT2D eigenvalue weighted by Gasteiger charge is 2.31. The van der Waals surface area contributed by atoms with Gasteiger partial charge in [0.15, 0.2) is 0 Å². The molecule has 0 aromatic rings. The standard InChI is InChI=1S/C15H31N3O/c1-4-18(5-2)14-6-8-17(11-14)10-13-12-19-9-7-15(13)16-3/h13-16H,4-12H2,1-3H3. The number of likely N-dealkylation sites (tertiary alicyclic amines) is 1. The Morgan fingerprint density at radius 3 is 2.74 bits per heavy atom. The quantitative estimate of drug-likeness (QED) is 0.779. The molecule has 0 aromatic carbocycles. The lowest BCUT2D eigenvalue weighted by molar-refractivity contribution is 0.0205. The van der Waals surface area contributed by atoms with E-state index < -0.39 is 0 Å². The van der Waals surface area contributed by atoms with Gasteiger partial charge < -0.3 is 15.0 Å². The van der Waals surface area contributed by atoms with E-state index >= 15 is 0 Å². The average Bonchev–Trinajstić information content (AvgIpc) is 2.89. The Bertz CT molecular complexity index is 258. The maximum atomic E-state index is 5.66. The van der Waals surface area contributed by atoms with Crippen LogP contribution in [0.5, 0.6) is 0 Å². The lowest BCUT2D eigenvalue weighted by Gasteiger charge is -2.34. The first-order valence-corrected chi connectivity index (χ1v) is 7.99. The third-order valence-corrected chi connectivity index (χ3v) is 4.91. The summed E-state index contributed by atoms with van der Waals surface area (Å²) in [5.41, 5.74) is 0. The molecule has 3 unspecified atom stereocenters. The van der Waals surface area contributed by atoms with E-state index in [2.05, 4.69) is 36.0 Å². The van der Waals surface area contributed by atoms with Crippen LogP contribution in [0.1, 0.15) is 26.7 Å². The Hall–Kier alpha value is -0.160. The van der Waals surface area contributed by atoms with Gasteiger partial charge in [-0.2, -0.15) is 0 Å². The van der Waals surface area contributed by atoms with E-state index in [1.54, 1.807) is 0 Å². The van der Waals surface area contributed by atoms with Crippen LogP contribution in [0.15, 0.2) is 0 Å².